The molecule has 208 valence electrons. The number of likely N-dealkylation sites (tertiary alicyclic amines) is 1. The van der Waals surface area contributed by atoms with E-state index >= 15 is 0 Å². The van der Waals surface area contributed by atoms with Gasteiger partial charge < -0.3 is 55.1 Å². The molecule has 0 saturated carbocycles. The van der Waals surface area contributed by atoms with Crippen molar-refractivity contribution in [1.29, 1.82) is 0 Å². The maximum absolute atomic E-state index is 13.4. The van der Waals surface area contributed by atoms with Crippen LogP contribution >= 0.6 is 0 Å². The lowest BCUT2D eigenvalue weighted by molar-refractivity contribution is -0.339. The van der Waals surface area contributed by atoms with Crippen LogP contribution in [0.25, 0.3) is 0 Å². The monoisotopic (exact) mass is 534 g/mol. The van der Waals surface area contributed by atoms with Crippen molar-refractivity contribution >= 4 is 11.6 Å². The highest BCUT2D eigenvalue weighted by molar-refractivity contribution is 5.95. The number of carbonyl (C=O) groups is 1. The molecule has 4 heterocycles. The van der Waals surface area contributed by atoms with Crippen LogP contribution in [0.1, 0.15) is 18.4 Å². The van der Waals surface area contributed by atoms with E-state index in [2.05, 4.69) is 11.9 Å². The molecule has 2 saturated heterocycles. The third-order valence-corrected chi connectivity index (χ3v) is 7.99. The molecule has 0 aliphatic carbocycles. The van der Waals surface area contributed by atoms with Crippen LogP contribution in [0.4, 0.5) is 5.69 Å². The van der Waals surface area contributed by atoms with Crippen LogP contribution < -0.4 is 5.32 Å². The maximum Gasteiger partial charge on any atom is 0.255 e. The summed E-state index contributed by atoms with van der Waals surface area (Å²) in [5.41, 5.74) is 0.713. The van der Waals surface area contributed by atoms with Crippen LogP contribution in [0.15, 0.2) is 48.8 Å². The van der Waals surface area contributed by atoms with Crippen LogP contribution in [0, 0.1) is 11.8 Å². The van der Waals surface area contributed by atoms with Crippen molar-refractivity contribution in [3.63, 3.8) is 0 Å². The number of β-amino-alcohol motifs (C(OH)–C–C–N with tert-alkyl or cyclic N) is 1. The van der Waals surface area contributed by atoms with E-state index in [4.69, 9.17) is 14.2 Å². The molecule has 10 atom stereocenters. The van der Waals surface area contributed by atoms with Crippen molar-refractivity contribution in [2.75, 3.05) is 25.0 Å². The Hall–Kier alpha value is -2.55. The average Bonchev–Trinajstić information content (AvgIpc) is 3.25. The summed E-state index contributed by atoms with van der Waals surface area (Å²) in [6, 6.07) is 7.42. The zero-order valence-corrected chi connectivity index (χ0v) is 20.7. The Labute approximate surface area is 219 Å². The number of anilines is 1. The van der Waals surface area contributed by atoms with Gasteiger partial charge in [-0.3, -0.25) is 4.79 Å². The number of hydrogen-bond acceptors (Lipinski definition) is 11. The number of carbonyl (C=O) groups excluding carboxylic acids is 1. The number of aliphatic hydroxyl groups excluding tert-OH is 5. The number of nitrogens with one attached hydrogen (secondary N) is 1. The number of piperidine rings is 1. The first-order chi connectivity index (χ1) is 18.2. The molecule has 1 amide bonds. The van der Waals surface area contributed by atoms with Gasteiger partial charge in [-0.05, 0) is 12.5 Å². The Balaban J connectivity index is 1.28. The first-order valence-corrected chi connectivity index (χ1v) is 12.7. The van der Waals surface area contributed by atoms with Gasteiger partial charge in [-0.2, -0.15) is 0 Å². The van der Waals surface area contributed by atoms with Crippen LogP contribution in [-0.2, 0) is 24.6 Å². The predicted octanol–water partition coefficient (Wildman–Crippen LogP) is -1.28. The number of aliphatic hydroxyl groups is 6. The normalized spacial score (nSPS) is 40.5. The minimum atomic E-state index is -1.62. The van der Waals surface area contributed by atoms with Gasteiger partial charge in [0.25, 0.3) is 5.91 Å². The largest absolute Gasteiger partial charge is 0.471 e. The second-order valence-corrected chi connectivity index (χ2v) is 10.2. The molecular formula is C26H34N2O10. The van der Waals surface area contributed by atoms with Crippen LogP contribution in [0.3, 0.4) is 0 Å². The van der Waals surface area contributed by atoms with Gasteiger partial charge in [-0.25, -0.2) is 0 Å². The summed E-state index contributed by atoms with van der Waals surface area (Å²) in [7, 11) is 0. The van der Waals surface area contributed by atoms with Gasteiger partial charge >= 0.3 is 0 Å². The van der Waals surface area contributed by atoms with Crippen molar-refractivity contribution in [2.24, 2.45) is 11.8 Å². The van der Waals surface area contributed by atoms with E-state index in [0.29, 0.717) is 12.1 Å². The highest BCUT2D eigenvalue weighted by Crippen LogP contribution is 2.42. The maximum atomic E-state index is 13.4. The molecular weight excluding hydrogens is 500 g/mol. The van der Waals surface area contributed by atoms with Gasteiger partial charge in [0.1, 0.15) is 36.2 Å². The minimum Gasteiger partial charge on any atom is -0.471 e. The van der Waals surface area contributed by atoms with Crippen LogP contribution in [0.5, 0.6) is 0 Å². The van der Waals surface area contributed by atoms with E-state index in [0.717, 1.165) is 11.3 Å². The number of para-hydroxylation sites is 1. The third-order valence-electron chi connectivity index (χ3n) is 7.99. The van der Waals surface area contributed by atoms with E-state index < -0.39 is 73.2 Å². The molecule has 1 aromatic rings. The summed E-state index contributed by atoms with van der Waals surface area (Å²) < 4.78 is 16.9. The molecule has 0 radical (unpaired) electrons. The summed E-state index contributed by atoms with van der Waals surface area (Å²) in [4.78, 5) is 14.7. The molecule has 2 fully saturated rings. The van der Waals surface area contributed by atoms with Gasteiger partial charge in [0.05, 0.1) is 18.4 Å². The van der Waals surface area contributed by atoms with Gasteiger partial charge in [0, 0.05) is 42.6 Å². The first kappa shape index (κ1) is 27.0. The molecule has 0 spiro atoms. The summed E-state index contributed by atoms with van der Waals surface area (Å²) in [6.45, 7) is 3.62. The Kier molecular flexibility index (Phi) is 7.50. The topological polar surface area (TPSA) is 181 Å². The van der Waals surface area contributed by atoms with E-state index in [1.807, 2.05) is 24.3 Å². The Bertz CT molecular complexity index is 1080. The number of rotatable bonds is 7. The minimum absolute atomic E-state index is 0.111. The summed E-state index contributed by atoms with van der Waals surface area (Å²) >= 11 is 0. The molecule has 38 heavy (non-hydrogen) atoms. The summed E-state index contributed by atoms with van der Waals surface area (Å²) in [5.74, 6) is -1.58. The zero-order valence-electron chi connectivity index (χ0n) is 20.7. The molecule has 4 aliphatic heterocycles. The lowest BCUT2D eigenvalue weighted by Crippen LogP contribution is -2.60. The van der Waals surface area contributed by atoms with Crippen molar-refractivity contribution in [1.82, 2.24) is 4.90 Å². The second-order valence-electron chi connectivity index (χ2n) is 10.2. The van der Waals surface area contributed by atoms with Gasteiger partial charge in [0.15, 0.2) is 6.29 Å². The SMILES string of the molecule is C=C[C@H]1[C@H](O[C@@H]2O[C@H](CO)[C@@H](O)[C@H](O)[C@H]2O)OC=C2C(=O)N(CC[C@@]3(O)CNc4ccccc43)[C@H](O)C[C@H]21. The third kappa shape index (κ3) is 4.61. The van der Waals surface area contributed by atoms with Crippen molar-refractivity contribution in [3.8, 4) is 0 Å². The first-order valence-electron chi connectivity index (χ1n) is 12.7. The average molecular weight is 535 g/mol. The highest BCUT2D eigenvalue weighted by Gasteiger charge is 2.50. The van der Waals surface area contributed by atoms with Gasteiger partial charge in [-0.1, -0.05) is 24.3 Å². The predicted molar refractivity (Wildman–Crippen MR) is 131 cm³/mol. The molecule has 0 aromatic heterocycles. The van der Waals surface area contributed by atoms with Gasteiger partial charge in [0.2, 0.25) is 6.29 Å². The number of ether oxygens (including phenoxy) is 3. The number of amides is 1. The summed E-state index contributed by atoms with van der Waals surface area (Å²) in [5, 5.41) is 65.1. The van der Waals surface area contributed by atoms with E-state index in [-0.39, 0.29) is 19.4 Å². The molecule has 12 nitrogen and oxygen atoms in total. The fourth-order valence-electron chi connectivity index (χ4n) is 5.73. The molecule has 0 bridgehead atoms. The molecule has 4 aliphatic rings. The molecule has 1 aromatic carbocycles. The van der Waals surface area contributed by atoms with E-state index in [1.54, 1.807) is 0 Å². The lowest BCUT2D eigenvalue weighted by Gasteiger charge is -2.46. The van der Waals surface area contributed by atoms with Gasteiger partial charge in [-0.15, -0.1) is 6.58 Å². The number of benzene rings is 1. The van der Waals surface area contributed by atoms with Crippen molar-refractivity contribution in [2.45, 2.75) is 61.7 Å². The molecule has 7 N–H and O–H groups in total. The smallest absolute Gasteiger partial charge is 0.255 e. The lowest BCUT2D eigenvalue weighted by atomic mass is 9.78. The standard InChI is InChI=1S/C26H34N2O10/c1-2-13-14-9-19(30)28(8-7-26(35)12-27-17-6-4-3-5-16(17)26)23(34)15(14)11-36-24(13)38-25-22(33)21(32)20(31)18(10-29)37-25/h2-6,11,13-14,18-22,24-25,27,29-33,35H,1,7-10,12H2/t13-,14+,18-,19-,20-,21+,22-,24+,25+,26-/m1/s1. The summed E-state index contributed by atoms with van der Waals surface area (Å²) in [6.07, 6.45) is -6.45. The fraction of sp³-hybridized carbons (Fsp3) is 0.577. The van der Waals surface area contributed by atoms with Crippen LogP contribution in [-0.4, -0.2) is 104 Å². The Morgan fingerprint density at radius 1 is 1.16 bits per heavy atom. The number of nitrogens with zero attached hydrogens (tertiary/aromatic N) is 1. The van der Waals surface area contributed by atoms with E-state index in [9.17, 15) is 35.4 Å². The van der Waals surface area contributed by atoms with Crippen LogP contribution in [0.2, 0.25) is 0 Å². The number of fused-ring (bicyclic) bond motifs is 2. The fourth-order valence-corrected chi connectivity index (χ4v) is 5.73. The molecule has 5 rings (SSSR count). The zero-order chi connectivity index (χ0) is 27.2. The van der Waals surface area contributed by atoms with Crippen molar-refractivity contribution in [3.05, 3.63) is 54.3 Å². The second kappa shape index (κ2) is 10.5. The Morgan fingerprint density at radius 3 is 2.66 bits per heavy atom. The van der Waals surface area contributed by atoms with E-state index in [1.165, 1.54) is 17.2 Å². The van der Waals surface area contributed by atoms with Crippen molar-refractivity contribution < 1.29 is 49.6 Å². The number of hydrogen-bond donors (Lipinski definition) is 7. The Morgan fingerprint density at radius 2 is 1.92 bits per heavy atom. The quantitative estimate of drug-likeness (QED) is 0.207. The molecule has 0 unspecified atom stereocenters. The molecule has 12 heteroatoms. The highest BCUT2D eigenvalue weighted by atomic mass is 16.8.